The van der Waals surface area contributed by atoms with Gasteiger partial charge < -0.3 is 29.7 Å². The number of aliphatic imine (C=N–C) groups is 1. The van der Waals surface area contributed by atoms with Crippen LogP contribution in [0.3, 0.4) is 0 Å². The van der Waals surface area contributed by atoms with Gasteiger partial charge in [-0.15, -0.1) is 24.0 Å². The van der Waals surface area contributed by atoms with Crippen molar-refractivity contribution in [3.05, 3.63) is 52.8 Å². The summed E-state index contributed by atoms with van der Waals surface area (Å²) >= 11 is 0. The van der Waals surface area contributed by atoms with Gasteiger partial charge in [-0.05, 0) is 37.9 Å². The van der Waals surface area contributed by atoms with Crippen molar-refractivity contribution in [3.8, 4) is 17.2 Å². The maximum Gasteiger partial charge on any atom is 0.387 e. The molecule has 176 valence electrons. The standard InChI is InChI=1S/C21H25F3N4O3.HI/c1-25-21(26-9-13-4-5-16(22)15(6-13)11-28(2)3)27-10-14-7-18-19(30-12-29-18)8-17(14)31-20(23)24;/h4-8,20H,9-12H2,1-3H3,(H2,25,26,27);1H. The highest BCUT2D eigenvalue weighted by atomic mass is 127. The number of hydrogen-bond acceptors (Lipinski definition) is 5. The number of ether oxygens (including phenoxy) is 3. The third kappa shape index (κ3) is 7.05. The van der Waals surface area contributed by atoms with Crippen LogP contribution >= 0.6 is 24.0 Å². The average Bonchev–Trinajstić information content (AvgIpc) is 3.16. The molecule has 0 saturated carbocycles. The minimum Gasteiger partial charge on any atom is -0.454 e. The highest BCUT2D eigenvalue weighted by Gasteiger charge is 2.20. The molecular formula is C21H26F3IN4O3. The van der Waals surface area contributed by atoms with Crippen LogP contribution in [0.1, 0.15) is 16.7 Å². The lowest BCUT2D eigenvalue weighted by Crippen LogP contribution is -2.36. The SMILES string of the molecule is CN=C(NCc1ccc(F)c(CN(C)C)c1)NCc1cc2c(cc1OC(F)F)OCO2.I. The Labute approximate surface area is 202 Å². The van der Waals surface area contributed by atoms with E-state index in [1.54, 1.807) is 25.2 Å². The fraction of sp³-hybridized carbons (Fsp3) is 0.381. The van der Waals surface area contributed by atoms with E-state index in [1.165, 1.54) is 12.1 Å². The summed E-state index contributed by atoms with van der Waals surface area (Å²) in [6.45, 7) is -1.89. The molecule has 32 heavy (non-hydrogen) atoms. The van der Waals surface area contributed by atoms with Crippen LogP contribution in [0.25, 0.3) is 0 Å². The molecule has 0 atom stereocenters. The molecule has 11 heteroatoms. The molecule has 0 aliphatic carbocycles. The zero-order chi connectivity index (χ0) is 22.4. The van der Waals surface area contributed by atoms with Crippen molar-refractivity contribution in [2.24, 2.45) is 4.99 Å². The topological polar surface area (TPSA) is 67.4 Å². The summed E-state index contributed by atoms with van der Waals surface area (Å²) < 4.78 is 54.7. The van der Waals surface area contributed by atoms with Gasteiger partial charge in [-0.1, -0.05) is 6.07 Å². The Hall–Kier alpha value is -2.41. The quantitative estimate of drug-likeness (QED) is 0.289. The van der Waals surface area contributed by atoms with Gasteiger partial charge in [-0.2, -0.15) is 8.78 Å². The van der Waals surface area contributed by atoms with Crippen LogP contribution in [0.15, 0.2) is 35.3 Å². The zero-order valence-electron chi connectivity index (χ0n) is 18.0. The van der Waals surface area contributed by atoms with Crippen molar-refractivity contribution in [1.82, 2.24) is 15.5 Å². The van der Waals surface area contributed by atoms with Crippen LogP contribution in [0.2, 0.25) is 0 Å². The Morgan fingerprint density at radius 2 is 1.78 bits per heavy atom. The van der Waals surface area contributed by atoms with Gasteiger partial charge in [0, 0.05) is 43.9 Å². The first-order valence-corrected chi connectivity index (χ1v) is 9.59. The van der Waals surface area contributed by atoms with Gasteiger partial charge in [-0.3, -0.25) is 4.99 Å². The van der Waals surface area contributed by atoms with Gasteiger partial charge in [0.1, 0.15) is 11.6 Å². The molecule has 1 heterocycles. The third-order valence-corrected chi connectivity index (χ3v) is 4.50. The van der Waals surface area contributed by atoms with E-state index in [4.69, 9.17) is 9.47 Å². The van der Waals surface area contributed by atoms with Crippen LogP contribution in [-0.4, -0.2) is 45.4 Å². The average molecular weight is 566 g/mol. The van der Waals surface area contributed by atoms with E-state index in [0.29, 0.717) is 41.7 Å². The highest BCUT2D eigenvalue weighted by Crippen LogP contribution is 2.38. The summed E-state index contributed by atoms with van der Waals surface area (Å²) in [5.41, 5.74) is 1.94. The first kappa shape index (κ1) is 25.8. The molecule has 2 N–H and O–H groups in total. The predicted octanol–water partition coefficient (Wildman–Crippen LogP) is 3.70. The van der Waals surface area contributed by atoms with Crippen LogP contribution in [0.5, 0.6) is 17.2 Å². The summed E-state index contributed by atoms with van der Waals surface area (Å²) in [4.78, 5) is 6.03. The molecule has 0 fully saturated rings. The number of benzene rings is 2. The maximum absolute atomic E-state index is 14.0. The lowest BCUT2D eigenvalue weighted by molar-refractivity contribution is -0.0505. The van der Waals surface area contributed by atoms with Crippen molar-refractivity contribution >= 4 is 29.9 Å². The van der Waals surface area contributed by atoms with E-state index >= 15 is 0 Å². The smallest absolute Gasteiger partial charge is 0.387 e. The first-order valence-electron chi connectivity index (χ1n) is 9.59. The predicted molar refractivity (Wildman–Crippen MR) is 125 cm³/mol. The third-order valence-electron chi connectivity index (χ3n) is 4.50. The molecule has 0 bridgehead atoms. The molecule has 1 aliphatic rings. The minimum atomic E-state index is -2.97. The lowest BCUT2D eigenvalue weighted by Gasteiger charge is -2.16. The second-order valence-electron chi connectivity index (χ2n) is 7.13. The minimum absolute atomic E-state index is 0. The molecule has 0 amide bonds. The molecule has 0 spiro atoms. The summed E-state index contributed by atoms with van der Waals surface area (Å²) in [7, 11) is 5.34. The Morgan fingerprint density at radius 3 is 2.44 bits per heavy atom. The molecular weight excluding hydrogens is 540 g/mol. The first-order chi connectivity index (χ1) is 14.9. The lowest BCUT2D eigenvalue weighted by atomic mass is 10.1. The van der Waals surface area contributed by atoms with E-state index < -0.39 is 6.61 Å². The molecule has 0 aromatic heterocycles. The number of rotatable bonds is 8. The molecule has 2 aromatic carbocycles. The van der Waals surface area contributed by atoms with Crippen LogP contribution < -0.4 is 24.8 Å². The number of nitrogens with zero attached hydrogens (tertiary/aromatic N) is 2. The van der Waals surface area contributed by atoms with Crippen LogP contribution in [-0.2, 0) is 19.6 Å². The van der Waals surface area contributed by atoms with E-state index in [9.17, 15) is 13.2 Å². The fourth-order valence-electron chi connectivity index (χ4n) is 3.09. The fourth-order valence-corrected chi connectivity index (χ4v) is 3.09. The van der Waals surface area contributed by atoms with Gasteiger partial charge in [0.25, 0.3) is 0 Å². The van der Waals surface area contributed by atoms with E-state index in [2.05, 4.69) is 20.4 Å². The van der Waals surface area contributed by atoms with E-state index in [-0.39, 0.29) is 48.9 Å². The summed E-state index contributed by atoms with van der Waals surface area (Å²) in [6.07, 6.45) is 0. The molecule has 0 unspecified atom stereocenters. The number of fused-ring (bicyclic) bond motifs is 1. The van der Waals surface area contributed by atoms with Crippen molar-refractivity contribution in [2.45, 2.75) is 26.2 Å². The van der Waals surface area contributed by atoms with Crippen molar-refractivity contribution in [1.29, 1.82) is 0 Å². The normalized spacial score (nSPS) is 12.7. The Bertz CT molecular complexity index is 945. The van der Waals surface area contributed by atoms with Crippen molar-refractivity contribution in [3.63, 3.8) is 0 Å². The summed E-state index contributed by atoms with van der Waals surface area (Å²) in [6, 6.07) is 7.90. The summed E-state index contributed by atoms with van der Waals surface area (Å²) in [5, 5.41) is 6.18. The molecule has 7 nitrogen and oxygen atoms in total. The van der Waals surface area contributed by atoms with E-state index in [0.717, 1.165) is 5.56 Å². The molecule has 2 aromatic rings. The maximum atomic E-state index is 14.0. The van der Waals surface area contributed by atoms with Crippen LogP contribution in [0, 0.1) is 5.82 Å². The van der Waals surface area contributed by atoms with Crippen molar-refractivity contribution in [2.75, 3.05) is 27.9 Å². The van der Waals surface area contributed by atoms with Gasteiger partial charge >= 0.3 is 6.61 Å². The second-order valence-corrected chi connectivity index (χ2v) is 7.13. The molecule has 0 saturated heterocycles. The zero-order valence-corrected chi connectivity index (χ0v) is 20.3. The van der Waals surface area contributed by atoms with Crippen LogP contribution in [0.4, 0.5) is 13.2 Å². The Morgan fingerprint density at radius 1 is 1.09 bits per heavy atom. The second kappa shape index (κ2) is 12.0. The largest absolute Gasteiger partial charge is 0.454 e. The molecule has 1 aliphatic heterocycles. The Kier molecular flexibility index (Phi) is 9.69. The van der Waals surface area contributed by atoms with Gasteiger partial charge in [0.2, 0.25) is 6.79 Å². The monoisotopic (exact) mass is 566 g/mol. The van der Waals surface area contributed by atoms with Gasteiger partial charge in [-0.25, -0.2) is 4.39 Å². The number of hydrogen-bond donors (Lipinski definition) is 2. The van der Waals surface area contributed by atoms with Crippen molar-refractivity contribution < 1.29 is 27.4 Å². The number of alkyl halides is 2. The Balaban J connectivity index is 0.00000363. The van der Waals surface area contributed by atoms with E-state index in [1.807, 2.05) is 19.0 Å². The van der Waals surface area contributed by atoms with Gasteiger partial charge in [0.15, 0.2) is 17.5 Å². The number of nitrogens with one attached hydrogen (secondary N) is 2. The molecule has 3 rings (SSSR count). The number of halogens is 4. The molecule has 0 radical (unpaired) electrons. The van der Waals surface area contributed by atoms with Gasteiger partial charge in [0.05, 0.1) is 0 Å². The summed E-state index contributed by atoms with van der Waals surface area (Å²) in [5.74, 6) is 0.996. The highest BCUT2D eigenvalue weighted by molar-refractivity contribution is 14.0. The number of guanidine groups is 1.